The normalized spacial score (nSPS) is 26.1. The number of aromatic nitrogens is 2. The van der Waals surface area contributed by atoms with Crippen LogP contribution in [0.15, 0.2) is 6.07 Å². The minimum absolute atomic E-state index is 0.00879. The van der Waals surface area contributed by atoms with E-state index in [1.165, 1.54) is 0 Å². The van der Waals surface area contributed by atoms with Gasteiger partial charge in [0.15, 0.2) is 0 Å². The number of carbonyl (C=O) groups excluding carboxylic acids is 2. The molecule has 1 unspecified atom stereocenters. The van der Waals surface area contributed by atoms with E-state index < -0.39 is 5.54 Å². The Morgan fingerprint density at radius 3 is 2.76 bits per heavy atom. The van der Waals surface area contributed by atoms with E-state index >= 15 is 0 Å². The maximum Gasteiger partial charge on any atom is 0.246 e. The maximum absolute atomic E-state index is 12.4. The van der Waals surface area contributed by atoms with E-state index in [0.29, 0.717) is 6.54 Å². The molecular weight excluding hydrogens is 268 g/mol. The Morgan fingerprint density at radius 1 is 1.43 bits per heavy atom. The number of carbonyl (C=O) groups is 2. The van der Waals surface area contributed by atoms with Crippen LogP contribution in [0.3, 0.4) is 0 Å². The molecule has 114 valence electrons. The molecule has 2 heterocycles. The molecule has 21 heavy (non-hydrogen) atoms. The zero-order valence-electron chi connectivity index (χ0n) is 12.8. The second kappa shape index (κ2) is 4.86. The zero-order chi connectivity index (χ0) is 15.2. The van der Waals surface area contributed by atoms with E-state index in [9.17, 15) is 9.59 Å². The summed E-state index contributed by atoms with van der Waals surface area (Å²) in [5.74, 6) is 0.246. The molecule has 0 radical (unpaired) electrons. The number of nitrogens with one attached hydrogen (secondary N) is 1. The van der Waals surface area contributed by atoms with E-state index in [-0.39, 0.29) is 24.3 Å². The average Bonchev–Trinajstić information content (AvgIpc) is 3.24. The molecule has 1 N–H and O–H groups in total. The van der Waals surface area contributed by atoms with Crippen LogP contribution in [0.5, 0.6) is 0 Å². The van der Waals surface area contributed by atoms with Gasteiger partial charge in [-0.05, 0) is 45.6 Å². The van der Waals surface area contributed by atoms with Crippen LogP contribution in [0.4, 0.5) is 0 Å². The highest BCUT2D eigenvalue weighted by Crippen LogP contribution is 2.44. The minimum atomic E-state index is -0.716. The number of aryl methyl sites for hydroxylation is 2. The molecule has 0 spiro atoms. The first kappa shape index (κ1) is 14.1. The molecule has 2 fully saturated rings. The third-order valence-corrected chi connectivity index (χ3v) is 4.70. The lowest BCUT2D eigenvalue weighted by molar-refractivity contribution is -0.155. The van der Waals surface area contributed by atoms with Gasteiger partial charge in [0.2, 0.25) is 11.8 Å². The molecule has 1 atom stereocenters. The molecule has 1 saturated carbocycles. The Morgan fingerprint density at radius 2 is 2.14 bits per heavy atom. The van der Waals surface area contributed by atoms with E-state index in [4.69, 9.17) is 0 Å². The standard InChI is InChI=1S/C15H22N4O2/c1-4-19-12(7-10(2)17-19)9-18-13(20)8-16-14(21)15(18,3)11-5-6-11/h7,11H,4-6,8-9H2,1-3H3,(H,16,21). The van der Waals surface area contributed by atoms with Crippen molar-refractivity contribution in [3.05, 3.63) is 17.5 Å². The van der Waals surface area contributed by atoms with Gasteiger partial charge in [-0.1, -0.05) is 0 Å². The molecule has 1 aliphatic carbocycles. The van der Waals surface area contributed by atoms with Crippen LogP contribution in [0.2, 0.25) is 0 Å². The number of hydrogen-bond acceptors (Lipinski definition) is 3. The Balaban J connectivity index is 1.93. The summed E-state index contributed by atoms with van der Waals surface area (Å²) in [6.45, 7) is 7.18. The lowest BCUT2D eigenvalue weighted by Crippen LogP contribution is -2.66. The second-order valence-corrected chi connectivity index (χ2v) is 6.18. The molecular formula is C15H22N4O2. The van der Waals surface area contributed by atoms with Crippen molar-refractivity contribution in [3.63, 3.8) is 0 Å². The van der Waals surface area contributed by atoms with Crippen LogP contribution >= 0.6 is 0 Å². The van der Waals surface area contributed by atoms with Gasteiger partial charge in [0.05, 0.1) is 24.5 Å². The van der Waals surface area contributed by atoms with Crippen LogP contribution in [0.25, 0.3) is 0 Å². The first-order valence-corrected chi connectivity index (χ1v) is 7.59. The quantitative estimate of drug-likeness (QED) is 0.893. The Kier molecular flexibility index (Phi) is 3.26. The summed E-state index contributed by atoms with van der Waals surface area (Å²) in [4.78, 5) is 26.5. The molecule has 6 nitrogen and oxygen atoms in total. The summed E-state index contributed by atoms with van der Waals surface area (Å²) in [5, 5.41) is 7.17. The molecule has 1 saturated heterocycles. The monoisotopic (exact) mass is 290 g/mol. The lowest BCUT2D eigenvalue weighted by atomic mass is 9.89. The average molecular weight is 290 g/mol. The van der Waals surface area contributed by atoms with Crippen LogP contribution in [-0.4, -0.2) is 38.6 Å². The zero-order valence-corrected chi connectivity index (χ0v) is 12.8. The van der Waals surface area contributed by atoms with Crippen LogP contribution in [0, 0.1) is 12.8 Å². The van der Waals surface area contributed by atoms with Gasteiger partial charge in [-0.25, -0.2) is 0 Å². The number of piperazine rings is 1. The summed E-state index contributed by atoms with van der Waals surface area (Å²) in [5.41, 5.74) is 1.21. The fraction of sp³-hybridized carbons (Fsp3) is 0.667. The highest BCUT2D eigenvalue weighted by molar-refractivity contribution is 5.98. The predicted molar refractivity (Wildman–Crippen MR) is 77.3 cm³/mol. The summed E-state index contributed by atoms with van der Waals surface area (Å²) >= 11 is 0. The van der Waals surface area contributed by atoms with Crippen molar-refractivity contribution in [3.8, 4) is 0 Å². The molecule has 1 aromatic rings. The summed E-state index contributed by atoms with van der Waals surface area (Å²) in [7, 11) is 0. The van der Waals surface area contributed by atoms with Crippen LogP contribution in [0.1, 0.15) is 38.1 Å². The Labute approximate surface area is 124 Å². The molecule has 6 heteroatoms. The van der Waals surface area contributed by atoms with Crippen molar-refractivity contribution >= 4 is 11.8 Å². The fourth-order valence-corrected chi connectivity index (χ4v) is 3.28. The van der Waals surface area contributed by atoms with Crippen molar-refractivity contribution in [2.75, 3.05) is 6.54 Å². The molecule has 2 aliphatic rings. The first-order valence-electron chi connectivity index (χ1n) is 7.59. The van der Waals surface area contributed by atoms with Gasteiger partial charge in [-0.15, -0.1) is 0 Å². The topological polar surface area (TPSA) is 67.2 Å². The van der Waals surface area contributed by atoms with Gasteiger partial charge in [0.25, 0.3) is 0 Å². The Hall–Kier alpha value is -1.85. The van der Waals surface area contributed by atoms with Crippen molar-refractivity contribution in [2.45, 2.75) is 52.2 Å². The van der Waals surface area contributed by atoms with E-state index in [1.54, 1.807) is 4.90 Å². The Bertz CT molecular complexity index is 590. The summed E-state index contributed by atoms with van der Waals surface area (Å²) in [6.07, 6.45) is 2.03. The van der Waals surface area contributed by atoms with E-state index in [2.05, 4.69) is 10.4 Å². The largest absolute Gasteiger partial charge is 0.345 e. The lowest BCUT2D eigenvalue weighted by Gasteiger charge is -2.43. The number of hydrogen-bond donors (Lipinski definition) is 1. The highest BCUT2D eigenvalue weighted by Gasteiger charge is 2.54. The molecule has 2 amide bonds. The predicted octanol–water partition coefficient (Wildman–Crippen LogP) is 0.839. The van der Waals surface area contributed by atoms with E-state index in [1.807, 2.05) is 31.5 Å². The first-order chi connectivity index (χ1) is 9.96. The summed E-state index contributed by atoms with van der Waals surface area (Å²) in [6, 6.07) is 2.00. The van der Waals surface area contributed by atoms with Crippen LogP contribution in [-0.2, 0) is 22.7 Å². The van der Waals surface area contributed by atoms with Crippen molar-refractivity contribution in [2.24, 2.45) is 5.92 Å². The molecule has 3 rings (SSSR count). The highest BCUT2D eigenvalue weighted by atomic mass is 16.2. The molecule has 0 aromatic carbocycles. The van der Waals surface area contributed by atoms with Gasteiger partial charge in [0, 0.05) is 6.54 Å². The van der Waals surface area contributed by atoms with Gasteiger partial charge in [-0.2, -0.15) is 5.10 Å². The minimum Gasteiger partial charge on any atom is -0.345 e. The third kappa shape index (κ3) is 2.22. The molecule has 0 bridgehead atoms. The van der Waals surface area contributed by atoms with Gasteiger partial charge in [-0.3, -0.25) is 14.3 Å². The number of nitrogens with zero attached hydrogens (tertiary/aromatic N) is 3. The fourth-order valence-electron chi connectivity index (χ4n) is 3.28. The number of amides is 2. The van der Waals surface area contributed by atoms with Gasteiger partial charge in [0.1, 0.15) is 5.54 Å². The SMILES string of the molecule is CCn1nc(C)cc1CN1C(=O)CNC(=O)C1(C)C1CC1. The van der Waals surface area contributed by atoms with E-state index in [0.717, 1.165) is 30.8 Å². The van der Waals surface area contributed by atoms with Crippen molar-refractivity contribution in [1.82, 2.24) is 20.0 Å². The van der Waals surface area contributed by atoms with Gasteiger partial charge >= 0.3 is 0 Å². The number of rotatable bonds is 4. The van der Waals surface area contributed by atoms with Gasteiger partial charge < -0.3 is 10.2 Å². The third-order valence-electron chi connectivity index (χ3n) is 4.70. The maximum atomic E-state index is 12.4. The van der Waals surface area contributed by atoms with Crippen molar-refractivity contribution < 1.29 is 9.59 Å². The molecule has 1 aliphatic heterocycles. The molecule has 1 aromatic heterocycles. The second-order valence-electron chi connectivity index (χ2n) is 6.18. The smallest absolute Gasteiger partial charge is 0.246 e. The van der Waals surface area contributed by atoms with Crippen molar-refractivity contribution in [1.29, 1.82) is 0 Å². The summed E-state index contributed by atoms with van der Waals surface area (Å²) < 4.78 is 1.91. The van der Waals surface area contributed by atoms with Crippen LogP contribution < -0.4 is 5.32 Å².